The monoisotopic (exact) mass is 331 g/mol. The molecule has 0 radical (unpaired) electrons. The van der Waals surface area contributed by atoms with Crippen LogP contribution in [0.1, 0.15) is 5.56 Å². The van der Waals surface area contributed by atoms with Gasteiger partial charge in [-0.3, -0.25) is 4.21 Å². The molecule has 0 saturated carbocycles. The SMILES string of the molecule is COc1ccc(Cl)cc1CS(=O)c1c(F)cc(N)cc1F. The van der Waals surface area contributed by atoms with Crippen molar-refractivity contribution in [1.29, 1.82) is 0 Å². The van der Waals surface area contributed by atoms with Gasteiger partial charge in [0, 0.05) is 16.3 Å². The highest BCUT2D eigenvalue weighted by Gasteiger charge is 2.19. The molecule has 0 amide bonds. The lowest BCUT2D eigenvalue weighted by Gasteiger charge is -2.10. The molecule has 2 aromatic carbocycles. The van der Waals surface area contributed by atoms with Crippen LogP contribution in [-0.4, -0.2) is 11.3 Å². The molecule has 2 aromatic rings. The Morgan fingerprint density at radius 2 is 1.86 bits per heavy atom. The van der Waals surface area contributed by atoms with Gasteiger partial charge in [0.1, 0.15) is 22.3 Å². The molecule has 0 spiro atoms. The van der Waals surface area contributed by atoms with Crippen LogP contribution < -0.4 is 10.5 Å². The molecule has 0 fully saturated rings. The lowest BCUT2D eigenvalue weighted by molar-refractivity contribution is 0.411. The molecule has 2 N–H and O–H groups in total. The summed E-state index contributed by atoms with van der Waals surface area (Å²) in [7, 11) is -0.486. The molecule has 2 rings (SSSR count). The summed E-state index contributed by atoms with van der Waals surface area (Å²) in [6, 6.07) is 6.63. The van der Waals surface area contributed by atoms with Gasteiger partial charge in [-0.15, -0.1) is 0 Å². The van der Waals surface area contributed by atoms with Crippen LogP contribution in [0.2, 0.25) is 5.02 Å². The first-order valence-electron chi connectivity index (χ1n) is 5.87. The molecule has 0 heterocycles. The van der Waals surface area contributed by atoms with E-state index in [0.717, 1.165) is 12.1 Å². The highest BCUT2D eigenvalue weighted by molar-refractivity contribution is 7.84. The number of hydrogen-bond donors (Lipinski definition) is 1. The van der Waals surface area contributed by atoms with Gasteiger partial charge in [0.2, 0.25) is 0 Å². The van der Waals surface area contributed by atoms with Crippen molar-refractivity contribution < 1.29 is 17.7 Å². The molecule has 0 saturated heterocycles. The average molecular weight is 332 g/mol. The molecule has 21 heavy (non-hydrogen) atoms. The largest absolute Gasteiger partial charge is 0.496 e. The third kappa shape index (κ3) is 3.51. The summed E-state index contributed by atoms with van der Waals surface area (Å²) in [6.07, 6.45) is 0. The van der Waals surface area contributed by atoms with Gasteiger partial charge in [-0.1, -0.05) is 11.6 Å². The first-order valence-corrected chi connectivity index (χ1v) is 7.57. The molecule has 1 unspecified atom stereocenters. The maximum atomic E-state index is 13.8. The summed E-state index contributed by atoms with van der Waals surface area (Å²) in [5.41, 5.74) is 5.77. The van der Waals surface area contributed by atoms with E-state index < -0.39 is 27.3 Å². The minimum absolute atomic E-state index is 0.0638. The fourth-order valence-electron chi connectivity index (χ4n) is 1.87. The maximum Gasteiger partial charge on any atom is 0.144 e. The average Bonchev–Trinajstić information content (AvgIpc) is 2.37. The number of benzene rings is 2. The van der Waals surface area contributed by atoms with Gasteiger partial charge in [-0.05, 0) is 30.3 Å². The molecule has 3 nitrogen and oxygen atoms in total. The summed E-state index contributed by atoms with van der Waals surface area (Å²) in [5, 5.41) is 0.418. The minimum atomic E-state index is -1.93. The van der Waals surface area contributed by atoms with Crippen molar-refractivity contribution in [2.75, 3.05) is 12.8 Å². The van der Waals surface area contributed by atoms with Crippen molar-refractivity contribution in [2.45, 2.75) is 10.6 Å². The summed E-state index contributed by atoms with van der Waals surface area (Å²) in [4.78, 5) is -0.508. The van der Waals surface area contributed by atoms with E-state index >= 15 is 0 Å². The summed E-state index contributed by atoms with van der Waals surface area (Å²) >= 11 is 5.87. The van der Waals surface area contributed by atoms with E-state index in [4.69, 9.17) is 22.1 Å². The highest BCUT2D eigenvalue weighted by atomic mass is 35.5. The van der Waals surface area contributed by atoms with Gasteiger partial charge in [0.05, 0.1) is 23.7 Å². The lowest BCUT2D eigenvalue weighted by atomic mass is 10.2. The zero-order valence-electron chi connectivity index (χ0n) is 11.0. The molecule has 0 bridgehead atoms. The number of nitrogens with two attached hydrogens (primary N) is 1. The Kier molecular flexibility index (Phi) is 4.80. The quantitative estimate of drug-likeness (QED) is 0.872. The van der Waals surface area contributed by atoms with Crippen molar-refractivity contribution in [1.82, 2.24) is 0 Å². The van der Waals surface area contributed by atoms with E-state index in [1.54, 1.807) is 18.2 Å². The molecule has 0 aliphatic carbocycles. The number of ether oxygens (including phenoxy) is 1. The smallest absolute Gasteiger partial charge is 0.144 e. The van der Waals surface area contributed by atoms with E-state index in [9.17, 15) is 13.0 Å². The standard InChI is InChI=1S/C14H12ClF2NO2S/c1-20-13-3-2-9(15)4-8(13)7-21(19)14-11(16)5-10(18)6-12(14)17/h2-6H,7,18H2,1H3. The second-order valence-corrected chi connectivity index (χ2v) is 6.08. The van der Waals surface area contributed by atoms with Crippen LogP contribution in [0.15, 0.2) is 35.2 Å². The molecule has 0 aromatic heterocycles. The van der Waals surface area contributed by atoms with Crippen LogP contribution in [0.25, 0.3) is 0 Å². The fraction of sp³-hybridized carbons (Fsp3) is 0.143. The summed E-state index contributed by atoms with van der Waals surface area (Å²) < 4.78 is 44.9. The predicted molar refractivity (Wildman–Crippen MR) is 78.9 cm³/mol. The van der Waals surface area contributed by atoms with E-state index in [1.165, 1.54) is 7.11 Å². The summed E-state index contributed by atoms with van der Waals surface area (Å²) in [6.45, 7) is 0. The first kappa shape index (κ1) is 15.7. The minimum Gasteiger partial charge on any atom is -0.496 e. The zero-order valence-corrected chi connectivity index (χ0v) is 12.6. The van der Waals surface area contributed by atoms with Crippen LogP contribution >= 0.6 is 11.6 Å². The van der Waals surface area contributed by atoms with Crippen LogP contribution in [-0.2, 0) is 16.6 Å². The molecule has 0 aliphatic rings. The van der Waals surface area contributed by atoms with Crippen molar-refractivity contribution in [2.24, 2.45) is 0 Å². The third-order valence-corrected chi connectivity index (χ3v) is 4.43. The van der Waals surface area contributed by atoms with Gasteiger partial charge >= 0.3 is 0 Å². The van der Waals surface area contributed by atoms with Gasteiger partial charge < -0.3 is 10.5 Å². The van der Waals surface area contributed by atoms with Gasteiger partial charge in [0.15, 0.2) is 0 Å². The first-order chi connectivity index (χ1) is 9.92. The maximum absolute atomic E-state index is 13.8. The molecule has 1 atom stereocenters. The number of anilines is 1. The predicted octanol–water partition coefficient (Wildman–Crippen LogP) is 3.52. The van der Waals surface area contributed by atoms with E-state index in [2.05, 4.69) is 0 Å². The Bertz CT molecular complexity index is 686. The Balaban J connectivity index is 2.37. The number of hydrogen-bond acceptors (Lipinski definition) is 3. The molecule has 0 aliphatic heterocycles. The number of methoxy groups -OCH3 is 1. The highest BCUT2D eigenvalue weighted by Crippen LogP contribution is 2.27. The second-order valence-electron chi connectivity index (χ2n) is 4.26. The van der Waals surface area contributed by atoms with Gasteiger partial charge in [-0.25, -0.2) is 8.78 Å². The van der Waals surface area contributed by atoms with Crippen molar-refractivity contribution in [3.05, 3.63) is 52.6 Å². The third-order valence-electron chi connectivity index (χ3n) is 2.78. The van der Waals surface area contributed by atoms with Crippen molar-refractivity contribution >= 4 is 28.1 Å². The molecular weight excluding hydrogens is 320 g/mol. The molecule has 112 valence electrons. The topological polar surface area (TPSA) is 52.3 Å². The molecular formula is C14H12ClF2NO2S. The van der Waals surface area contributed by atoms with Crippen LogP contribution in [0.5, 0.6) is 5.75 Å². The fourth-order valence-corrected chi connectivity index (χ4v) is 3.27. The van der Waals surface area contributed by atoms with Crippen LogP contribution in [0.3, 0.4) is 0 Å². The summed E-state index contributed by atoms with van der Waals surface area (Å²) in [5.74, 6) is -1.55. The zero-order chi connectivity index (χ0) is 15.6. The normalized spacial score (nSPS) is 12.2. The van der Waals surface area contributed by atoms with E-state index in [-0.39, 0.29) is 11.4 Å². The van der Waals surface area contributed by atoms with Crippen molar-refractivity contribution in [3.63, 3.8) is 0 Å². The second kappa shape index (κ2) is 6.41. The number of halogens is 3. The van der Waals surface area contributed by atoms with Crippen molar-refractivity contribution in [3.8, 4) is 5.75 Å². The lowest BCUT2D eigenvalue weighted by Crippen LogP contribution is -2.05. The van der Waals surface area contributed by atoms with Crippen LogP contribution in [0, 0.1) is 11.6 Å². The Morgan fingerprint density at radius 1 is 1.24 bits per heavy atom. The van der Waals surface area contributed by atoms with Crippen LogP contribution in [0.4, 0.5) is 14.5 Å². The Hall–Kier alpha value is -1.66. The number of rotatable bonds is 4. The van der Waals surface area contributed by atoms with E-state index in [0.29, 0.717) is 16.3 Å². The van der Waals surface area contributed by atoms with E-state index in [1.807, 2.05) is 0 Å². The Morgan fingerprint density at radius 3 is 2.43 bits per heavy atom. The van der Waals surface area contributed by atoms with Gasteiger partial charge in [-0.2, -0.15) is 0 Å². The number of nitrogen functional groups attached to an aromatic ring is 1. The van der Waals surface area contributed by atoms with Gasteiger partial charge in [0.25, 0.3) is 0 Å². The Labute approximate surface area is 128 Å². The molecule has 7 heteroatoms.